The Morgan fingerprint density at radius 3 is 2.91 bits per heavy atom. The number of hydrogen-bond acceptors (Lipinski definition) is 4. The van der Waals surface area contributed by atoms with Crippen molar-refractivity contribution in [2.75, 3.05) is 26.2 Å². The van der Waals surface area contributed by atoms with Gasteiger partial charge in [-0.1, -0.05) is 6.07 Å². The van der Waals surface area contributed by atoms with Gasteiger partial charge in [-0.2, -0.15) is 0 Å². The fourth-order valence-electron chi connectivity index (χ4n) is 3.52. The van der Waals surface area contributed by atoms with Crippen LogP contribution in [0.3, 0.4) is 0 Å². The van der Waals surface area contributed by atoms with Crippen molar-refractivity contribution in [3.05, 3.63) is 22.4 Å². The monoisotopic (exact) mass is 343 g/mol. The summed E-state index contributed by atoms with van der Waals surface area (Å²) in [6.07, 6.45) is 2.34. The molecule has 0 spiro atoms. The molecule has 0 aliphatic carbocycles. The predicted molar refractivity (Wildman–Crippen MR) is 89.4 cm³/mol. The second kappa shape index (κ2) is 7.44. The average Bonchev–Trinajstić information content (AvgIpc) is 3.03. The average molecular weight is 344 g/mol. The molecule has 3 heterocycles. The largest absolute Gasteiger partial charge is 0.338 e. The topological polar surface area (TPSA) is 66.6 Å². The van der Waals surface area contributed by atoms with E-state index >= 15 is 0 Å². The van der Waals surface area contributed by atoms with Crippen molar-refractivity contribution in [2.24, 2.45) is 11.7 Å². The Kier molecular flexibility index (Phi) is 5.83. The zero-order chi connectivity index (χ0) is 14.8. The maximum Gasteiger partial charge on any atom is 0.263 e. The van der Waals surface area contributed by atoms with Gasteiger partial charge in [0.05, 0.1) is 4.88 Å². The third-order valence-corrected chi connectivity index (χ3v) is 5.39. The number of halogens is 1. The van der Waals surface area contributed by atoms with Crippen molar-refractivity contribution in [3.8, 4) is 0 Å². The van der Waals surface area contributed by atoms with Crippen LogP contribution in [0.2, 0.25) is 0 Å². The van der Waals surface area contributed by atoms with Crippen molar-refractivity contribution < 1.29 is 9.59 Å². The van der Waals surface area contributed by atoms with E-state index in [-0.39, 0.29) is 30.3 Å². The fraction of sp³-hybridized carbons (Fsp3) is 0.600. The van der Waals surface area contributed by atoms with Gasteiger partial charge in [0.1, 0.15) is 0 Å². The lowest BCUT2D eigenvalue weighted by Crippen LogP contribution is -2.57. The van der Waals surface area contributed by atoms with Crippen molar-refractivity contribution in [1.29, 1.82) is 0 Å². The molecule has 2 aliphatic rings. The maximum absolute atomic E-state index is 12.4. The summed E-state index contributed by atoms with van der Waals surface area (Å²) in [6, 6.07) is 4.05. The molecule has 122 valence electrons. The number of carbonyl (C=O) groups is 2. The number of hydrogen-bond donors (Lipinski definition) is 1. The third kappa shape index (κ3) is 3.29. The smallest absolute Gasteiger partial charge is 0.263 e. The zero-order valence-electron chi connectivity index (χ0n) is 12.4. The molecule has 5 nitrogen and oxygen atoms in total. The summed E-state index contributed by atoms with van der Waals surface area (Å²) in [7, 11) is 0. The van der Waals surface area contributed by atoms with Crippen LogP contribution in [0, 0.1) is 5.92 Å². The van der Waals surface area contributed by atoms with Crippen molar-refractivity contribution in [2.45, 2.75) is 25.3 Å². The van der Waals surface area contributed by atoms with Crippen LogP contribution < -0.4 is 5.73 Å². The van der Waals surface area contributed by atoms with E-state index in [1.54, 1.807) is 0 Å². The van der Waals surface area contributed by atoms with Crippen LogP contribution >= 0.6 is 23.7 Å². The van der Waals surface area contributed by atoms with Gasteiger partial charge < -0.3 is 15.5 Å². The number of nitrogens with two attached hydrogens (primary N) is 1. The highest BCUT2D eigenvalue weighted by atomic mass is 35.5. The first-order valence-electron chi connectivity index (χ1n) is 7.53. The van der Waals surface area contributed by atoms with E-state index in [0.717, 1.165) is 30.8 Å². The van der Waals surface area contributed by atoms with E-state index in [2.05, 4.69) is 0 Å². The summed E-state index contributed by atoms with van der Waals surface area (Å²) >= 11 is 1.49. The Morgan fingerprint density at radius 2 is 2.23 bits per heavy atom. The second-order valence-electron chi connectivity index (χ2n) is 5.76. The summed E-state index contributed by atoms with van der Waals surface area (Å²) in [4.78, 5) is 29.2. The molecule has 22 heavy (non-hydrogen) atoms. The number of nitrogens with zero attached hydrogens (tertiary/aromatic N) is 2. The molecule has 1 aromatic heterocycles. The van der Waals surface area contributed by atoms with Crippen LogP contribution in [0.4, 0.5) is 0 Å². The van der Waals surface area contributed by atoms with Crippen molar-refractivity contribution in [1.82, 2.24) is 9.80 Å². The van der Waals surface area contributed by atoms with Crippen LogP contribution in [-0.2, 0) is 4.79 Å². The molecule has 0 saturated carbocycles. The van der Waals surface area contributed by atoms with Gasteiger partial charge in [0.2, 0.25) is 5.91 Å². The molecule has 7 heteroatoms. The van der Waals surface area contributed by atoms with Crippen LogP contribution in [-0.4, -0.2) is 53.8 Å². The number of piperidine rings is 2. The minimum absolute atomic E-state index is 0. The molecule has 2 fully saturated rings. The first-order chi connectivity index (χ1) is 10.2. The number of fused-ring (bicyclic) bond motifs is 1. The van der Waals surface area contributed by atoms with Gasteiger partial charge in [-0.25, -0.2) is 0 Å². The Morgan fingerprint density at radius 1 is 1.41 bits per heavy atom. The van der Waals surface area contributed by atoms with Crippen molar-refractivity contribution in [3.63, 3.8) is 0 Å². The van der Waals surface area contributed by atoms with Crippen LogP contribution in [0.25, 0.3) is 0 Å². The lowest BCUT2D eigenvalue weighted by Gasteiger charge is -2.47. The molecule has 2 aliphatic heterocycles. The summed E-state index contributed by atoms with van der Waals surface area (Å²) in [5.74, 6) is 0.748. The third-order valence-electron chi connectivity index (χ3n) is 4.53. The molecule has 3 rings (SSSR count). The number of carbonyl (C=O) groups excluding carboxylic acids is 2. The van der Waals surface area contributed by atoms with Gasteiger partial charge in [0.25, 0.3) is 5.91 Å². The molecule has 2 atom stereocenters. The quantitative estimate of drug-likeness (QED) is 0.906. The molecular weight excluding hydrogens is 322 g/mol. The first kappa shape index (κ1) is 17.2. The Bertz CT molecular complexity index is 523. The van der Waals surface area contributed by atoms with Gasteiger partial charge in [-0.15, -0.1) is 23.7 Å². The molecule has 0 aromatic carbocycles. The number of amides is 2. The van der Waals surface area contributed by atoms with Gasteiger partial charge >= 0.3 is 0 Å². The molecular formula is C15H22ClN3O2S. The van der Waals surface area contributed by atoms with E-state index in [0.29, 0.717) is 25.4 Å². The Hall–Kier alpha value is -1.11. The molecule has 2 saturated heterocycles. The van der Waals surface area contributed by atoms with E-state index in [1.165, 1.54) is 11.3 Å². The molecule has 2 amide bonds. The first-order valence-corrected chi connectivity index (χ1v) is 8.41. The highest BCUT2D eigenvalue weighted by molar-refractivity contribution is 7.12. The molecule has 2 N–H and O–H groups in total. The summed E-state index contributed by atoms with van der Waals surface area (Å²) in [5.41, 5.74) is 5.63. The van der Waals surface area contributed by atoms with Crippen LogP contribution in [0.1, 0.15) is 28.9 Å². The summed E-state index contributed by atoms with van der Waals surface area (Å²) in [6.45, 7) is 2.63. The number of thiophene rings is 1. The SMILES string of the molecule is Cl.NCCN1C(=O)CC[C@H]2CN(C(=O)c3cccs3)CC[C@H]21. The minimum atomic E-state index is 0. The van der Waals surface area contributed by atoms with E-state index in [1.807, 2.05) is 27.3 Å². The highest BCUT2D eigenvalue weighted by Crippen LogP contribution is 2.31. The van der Waals surface area contributed by atoms with E-state index in [4.69, 9.17) is 5.73 Å². The molecule has 0 bridgehead atoms. The van der Waals surface area contributed by atoms with E-state index < -0.39 is 0 Å². The number of likely N-dealkylation sites (tertiary alicyclic amines) is 2. The number of rotatable bonds is 3. The fourth-order valence-corrected chi connectivity index (χ4v) is 4.21. The second-order valence-corrected chi connectivity index (χ2v) is 6.71. The lowest BCUT2D eigenvalue weighted by molar-refractivity contribution is -0.140. The molecule has 0 radical (unpaired) electrons. The Labute approximate surface area is 140 Å². The van der Waals surface area contributed by atoms with Crippen molar-refractivity contribution >= 4 is 35.6 Å². The standard InChI is InChI=1S/C15H21N3O2S.ClH/c16-6-8-18-12-5-7-17(10-11(12)3-4-14(18)19)15(20)13-2-1-9-21-13;/h1-2,9,11-12H,3-8,10,16H2;1H/t11-,12+;/m0./s1. The summed E-state index contributed by atoms with van der Waals surface area (Å²) in [5, 5.41) is 1.93. The van der Waals surface area contributed by atoms with Crippen LogP contribution in [0.15, 0.2) is 17.5 Å². The lowest BCUT2D eigenvalue weighted by atomic mass is 9.83. The zero-order valence-corrected chi connectivity index (χ0v) is 14.1. The van der Waals surface area contributed by atoms with Gasteiger partial charge in [0.15, 0.2) is 0 Å². The maximum atomic E-state index is 12.4. The van der Waals surface area contributed by atoms with Gasteiger partial charge in [-0.05, 0) is 30.2 Å². The Balaban J connectivity index is 0.00000176. The van der Waals surface area contributed by atoms with Gasteiger partial charge in [0, 0.05) is 38.6 Å². The molecule has 1 aromatic rings. The minimum Gasteiger partial charge on any atom is -0.338 e. The van der Waals surface area contributed by atoms with E-state index in [9.17, 15) is 9.59 Å². The highest BCUT2D eigenvalue weighted by Gasteiger charge is 2.40. The van der Waals surface area contributed by atoms with Gasteiger partial charge in [-0.3, -0.25) is 9.59 Å². The molecule has 0 unspecified atom stereocenters. The normalized spacial score (nSPS) is 24.7. The predicted octanol–water partition coefficient (Wildman–Crippen LogP) is 1.58. The summed E-state index contributed by atoms with van der Waals surface area (Å²) < 4.78 is 0. The van der Waals surface area contributed by atoms with Crippen LogP contribution in [0.5, 0.6) is 0 Å².